The number of hydrogen-bond acceptors (Lipinski definition) is 2. The second-order valence-corrected chi connectivity index (χ2v) is 6.57. The number of aryl methyl sites for hydroxylation is 2. The predicted molar refractivity (Wildman–Crippen MR) is 104 cm³/mol. The molecule has 2 nitrogen and oxygen atoms in total. The SMILES string of the molecule is Cc1cc(C)c2ccc(/C=C/c3ccccc3C#N)nc2c1I. The van der Waals surface area contributed by atoms with Crippen molar-refractivity contribution in [1.29, 1.82) is 5.26 Å². The first-order valence-corrected chi connectivity index (χ1v) is 8.41. The molecule has 2 aromatic carbocycles. The maximum atomic E-state index is 9.15. The summed E-state index contributed by atoms with van der Waals surface area (Å²) in [6.45, 7) is 4.23. The molecule has 0 N–H and O–H groups in total. The van der Waals surface area contributed by atoms with Crippen LogP contribution in [0, 0.1) is 28.7 Å². The van der Waals surface area contributed by atoms with Crippen LogP contribution in [-0.4, -0.2) is 4.98 Å². The van der Waals surface area contributed by atoms with Crippen molar-refractivity contribution in [3.63, 3.8) is 0 Å². The molecular weight excluding hydrogens is 395 g/mol. The van der Waals surface area contributed by atoms with E-state index in [0.29, 0.717) is 5.56 Å². The van der Waals surface area contributed by atoms with Crippen LogP contribution in [0.4, 0.5) is 0 Å². The van der Waals surface area contributed by atoms with Crippen LogP contribution in [0.15, 0.2) is 42.5 Å². The third kappa shape index (κ3) is 3.13. The minimum Gasteiger partial charge on any atom is -0.247 e. The van der Waals surface area contributed by atoms with Crippen molar-refractivity contribution < 1.29 is 0 Å². The van der Waals surface area contributed by atoms with E-state index in [-0.39, 0.29) is 0 Å². The lowest BCUT2D eigenvalue weighted by Crippen LogP contribution is -1.92. The molecular formula is C20H15IN2. The van der Waals surface area contributed by atoms with Crippen molar-refractivity contribution in [2.24, 2.45) is 0 Å². The van der Waals surface area contributed by atoms with Crippen LogP contribution in [0.5, 0.6) is 0 Å². The topological polar surface area (TPSA) is 36.7 Å². The van der Waals surface area contributed by atoms with E-state index in [0.717, 1.165) is 16.8 Å². The molecule has 0 amide bonds. The molecule has 0 saturated carbocycles. The molecule has 0 radical (unpaired) electrons. The molecule has 0 unspecified atom stereocenters. The standard InChI is InChI=1S/C20H15IN2/c1-13-11-14(2)19(21)20-18(13)10-9-17(23-20)8-7-15-5-3-4-6-16(15)12-22/h3-11H,1-2H3/b8-7+. The number of rotatable bonds is 2. The van der Waals surface area contributed by atoms with E-state index in [2.05, 4.69) is 54.6 Å². The van der Waals surface area contributed by atoms with Crippen molar-refractivity contribution in [2.75, 3.05) is 0 Å². The van der Waals surface area contributed by atoms with Crippen LogP contribution in [0.2, 0.25) is 0 Å². The molecule has 23 heavy (non-hydrogen) atoms. The van der Waals surface area contributed by atoms with Crippen molar-refractivity contribution >= 4 is 45.6 Å². The summed E-state index contributed by atoms with van der Waals surface area (Å²) in [6.07, 6.45) is 3.91. The summed E-state index contributed by atoms with van der Waals surface area (Å²) >= 11 is 2.36. The van der Waals surface area contributed by atoms with Crippen LogP contribution in [0.25, 0.3) is 23.1 Å². The van der Waals surface area contributed by atoms with Crippen LogP contribution >= 0.6 is 22.6 Å². The third-order valence-electron chi connectivity index (χ3n) is 3.84. The Balaban J connectivity index is 2.06. The lowest BCUT2D eigenvalue weighted by Gasteiger charge is -2.08. The molecule has 1 heterocycles. The predicted octanol–water partition coefficient (Wildman–Crippen LogP) is 5.50. The summed E-state index contributed by atoms with van der Waals surface area (Å²) in [5, 5.41) is 10.3. The number of nitriles is 1. The van der Waals surface area contributed by atoms with Crippen LogP contribution in [0.3, 0.4) is 0 Å². The molecule has 0 aliphatic carbocycles. The summed E-state index contributed by atoms with van der Waals surface area (Å²) in [5.74, 6) is 0. The third-order valence-corrected chi connectivity index (χ3v) is 5.21. The molecule has 3 aromatic rings. The molecule has 0 fully saturated rings. The lowest BCUT2D eigenvalue weighted by molar-refractivity contribution is 1.31. The van der Waals surface area contributed by atoms with Gasteiger partial charge in [-0.15, -0.1) is 0 Å². The molecule has 0 saturated heterocycles. The normalized spacial score (nSPS) is 11.0. The van der Waals surface area contributed by atoms with Gasteiger partial charge in [-0.3, -0.25) is 0 Å². The molecule has 112 valence electrons. The zero-order chi connectivity index (χ0) is 16.4. The van der Waals surface area contributed by atoms with Crippen LogP contribution in [0.1, 0.15) is 27.9 Å². The highest BCUT2D eigenvalue weighted by Crippen LogP contribution is 2.26. The number of nitrogens with zero attached hydrogens (tertiary/aromatic N) is 2. The molecule has 0 bridgehead atoms. The molecule has 0 aliphatic heterocycles. The Kier molecular flexibility index (Phi) is 4.44. The molecule has 1 aromatic heterocycles. The summed E-state index contributed by atoms with van der Waals surface area (Å²) in [6, 6.07) is 16.1. The molecule has 0 spiro atoms. The van der Waals surface area contributed by atoms with Gasteiger partial charge in [0.05, 0.1) is 22.8 Å². The molecule has 3 heteroatoms. The zero-order valence-electron chi connectivity index (χ0n) is 13.0. The smallest absolute Gasteiger partial charge is 0.0997 e. The average Bonchev–Trinajstić information content (AvgIpc) is 2.58. The minimum absolute atomic E-state index is 0.672. The summed E-state index contributed by atoms with van der Waals surface area (Å²) in [7, 11) is 0. The van der Waals surface area contributed by atoms with Gasteiger partial charge in [0.25, 0.3) is 0 Å². The first-order valence-electron chi connectivity index (χ1n) is 7.34. The number of aromatic nitrogens is 1. The van der Waals surface area contributed by atoms with Gasteiger partial charge < -0.3 is 0 Å². The highest BCUT2D eigenvalue weighted by atomic mass is 127. The molecule has 0 aliphatic rings. The van der Waals surface area contributed by atoms with E-state index in [1.165, 1.54) is 20.1 Å². The Morgan fingerprint density at radius 3 is 2.61 bits per heavy atom. The largest absolute Gasteiger partial charge is 0.247 e. The van der Waals surface area contributed by atoms with Crippen LogP contribution < -0.4 is 0 Å². The van der Waals surface area contributed by atoms with E-state index in [9.17, 15) is 0 Å². The van der Waals surface area contributed by atoms with Crippen molar-refractivity contribution in [2.45, 2.75) is 13.8 Å². The maximum absolute atomic E-state index is 9.15. The van der Waals surface area contributed by atoms with Crippen molar-refractivity contribution in [3.05, 3.63) is 74.0 Å². The average molecular weight is 410 g/mol. The van der Waals surface area contributed by atoms with Gasteiger partial charge in [0.1, 0.15) is 0 Å². The van der Waals surface area contributed by atoms with E-state index in [1.54, 1.807) is 0 Å². The lowest BCUT2D eigenvalue weighted by atomic mass is 10.1. The van der Waals surface area contributed by atoms with Gasteiger partial charge in [0, 0.05) is 8.96 Å². The fourth-order valence-electron chi connectivity index (χ4n) is 2.62. The fourth-order valence-corrected chi connectivity index (χ4v) is 3.19. The number of fused-ring (bicyclic) bond motifs is 1. The number of halogens is 1. The Bertz CT molecular complexity index is 965. The zero-order valence-corrected chi connectivity index (χ0v) is 15.1. The first kappa shape index (κ1) is 15.7. The monoisotopic (exact) mass is 410 g/mol. The van der Waals surface area contributed by atoms with Crippen molar-refractivity contribution in [1.82, 2.24) is 4.98 Å². The van der Waals surface area contributed by atoms with Crippen molar-refractivity contribution in [3.8, 4) is 6.07 Å². The first-order chi connectivity index (χ1) is 11.1. The van der Waals surface area contributed by atoms with E-state index >= 15 is 0 Å². The van der Waals surface area contributed by atoms with Gasteiger partial charge in [0.2, 0.25) is 0 Å². The highest BCUT2D eigenvalue weighted by molar-refractivity contribution is 14.1. The van der Waals surface area contributed by atoms with Crippen LogP contribution in [-0.2, 0) is 0 Å². The van der Waals surface area contributed by atoms with Gasteiger partial charge in [-0.05, 0) is 71.3 Å². The summed E-state index contributed by atoms with van der Waals surface area (Å²) in [4.78, 5) is 4.79. The van der Waals surface area contributed by atoms with E-state index in [1.807, 2.05) is 42.5 Å². The van der Waals surface area contributed by atoms with Gasteiger partial charge in [-0.1, -0.05) is 36.4 Å². The second-order valence-electron chi connectivity index (χ2n) is 5.49. The summed E-state index contributed by atoms with van der Waals surface area (Å²) in [5.41, 5.74) is 6.01. The number of benzene rings is 2. The highest BCUT2D eigenvalue weighted by Gasteiger charge is 2.07. The summed E-state index contributed by atoms with van der Waals surface area (Å²) < 4.78 is 1.19. The molecule has 3 rings (SSSR count). The Morgan fingerprint density at radius 2 is 1.83 bits per heavy atom. The van der Waals surface area contributed by atoms with Gasteiger partial charge in [-0.2, -0.15) is 5.26 Å². The molecule has 0 atom stereocenters. The quantitative estimate of drug-likeness (QED) is 0.524. The van der Waals surface area contributed by atoms with Gasteiger partial charge >= 0.3 is 0 Å². The maximum Gasteiger partial charge on any atom is 0.0997 e. The van der Waals surface area contributed by atoms with E-state index in [4.69, 9.17) is 10.2 Å². The number of hydrogen-bond donors (Lipinski definition) is 0. The minimum atomic E-state index is 0.672. The Labute approximate surface area is 149 Å². The second kappa shape index (κ2) is 6.51. The van der Waals surface area contributed by atoms with Gasteiger partial charge in [0.15, 0.2) is 0 Å². The number of pyridine rings is 1. The Morgan fingerprint density at radius 1 is 1.04 bits per heavy atom. The fraction of sp³-hybridized carbons (Fsp3) is 0.100. The Hall–Kier alpha value is -2.19. The van der Waals surface area contributed by atoms with Gasteiger partial charge in [-0.25, -0.2) is 4.98 Å². The van der Waals surface area contributed by atoms with E-state index < -0.39 is 0 Å².